The Labute approximate surface area is 149 Å². The van der Waals surface area contributed by atoms with E-state index in [9.17, 15) is 8.42 Å². The number of H-pyrrole nitrogens is 1. The molecule has 0 saturated heterocycles. The van der Waals surface area contributed by atoms with E-state index >= 15 is 0 Å². The fraction of sp³-hybridized carbons (Fsp3) is 0.263. The molecule has 1 heterocycles. The zero-order valence-electron chi connectivity index (χ0n) is 14.5. The SMILES string of the molecule is Bc1ccc2[nH]c3c(c2c1)CCCC3NS(=O)(=O)c1ccc(C)cc1. The molecule has 1 aromatic heterocycles. The zero-order chi connectivity index (χ0) is 17.6. The minimum atomic E-state index is -3.53. The summed E-state index contributed by atoms with van der Waals surface area (Å²) in [4.78, 5) is 3.77. The molecular weight excluding hydrogens is 331 g/mol. The molecule has 4 nitrogen and oxygen atoms in total. The molecule has 0 bridgehead atoms. The third-order valence-electron chi connectivity index (χ3n) is 4.99. The Balaban J connectivity index is 1.71. The molecule has 0 amide bonds. The molecule has 3 aromatic rings. The van der Waals surface area contributed by atoms with Crippen LogP contribution in [-0.4, -0.2) is 21.2 Å². The van der Waals surface area contributed by atoms with E-state index in [4.69, 9.17) is 0 Å². The lowest BCUT2D eigenvalue weighted by molar-refractivity contribution is 0.501. The highest BCUT2D eigenvalue weighted by Crippen LogP contribution is 2.35. The van der Waals surface area contributed by atoms with E-state index in [0.29, 0.717) is 4.90 Å². The maximum absolute atomic E-state index is 12.8. The molecule has 128 valence electrons. The first kappa shape index (κ1) is 16.4. The first-order chi connectivity index (χ1) is 11.9. The molecule has 0 aliphatic heterocycles. The summed E-state index contributed by atoms with van der Waals surface area (Å²) in [6.45, 7) is 1.95. The van der Waals surface area contributed by atoms with Gasteiger partial charge < -0.3 is 4.98 Å². The molecule has 0 fully saturated rings. The summed E-state index contributed by atoms with van der Waals surface area (Å²) in [5.74, 6) is 0. The maximum Gasteiger partial charge on any atom is 0.241 e. The predicted molar refractivity (Wildman–Crippen MR) is 104 cm³/mol. The van der Waals surface area contributed by atoms with Crippen LogP contribution in [0.25, 0.3) is 10.9 Å². The Kier molecular flexibility index (Phi) is 3.97. The van der Waals surface area contributed by atoms with Crippen LogP contribution in [0.1, 0.15) is 35.7 Å². The van der Waals surface area contributed by atoms with E-state index in [0.717, 1.165) is 36.0 Å². The van der Waals surface area contributed by atoms with Crippen molar-refractivity contribution in [2.45, 2.75) is 37.1 Å². The van der Waals surface area contributed by atoms with Gasteiger partial charge in [-0.15, -0.1) is 0 Å². The predicted octanol–water partition coefficient (Wildman–Crippen LogP) is 2.09. The van der Waals surface area contributed by atoms with Gasteiger partial charge in [0.05, 0.1) is 10.9 Å². The minimum Gasteiger partial charge on any atom is -0.357 e. The molecule has 0 spiro atoms. The summed E-state index contributed by atoms with van der Waals surface area (Å²) in [7, 11) is -1.45. The lowest BCUT2D eigenvalue weighted by atomic mass is 9.89. The molecule has 6 heteroatoms. The first-order valence-electron chi connectivity index (χ1n) is 8.64. The fourth-order valence-corrected chi connectivity index (χ4v) is 4.91. The highest BCUT2D eigenvalue weighted by molar-refractivity contribution is 7.89. The summed E-state index contributed by atoms with van der Waals surface area (Å²) in [5, 5.41) is 1.22. The molecule has 2 aromatic carbocycles. The third kappa shape index (κ3) is 3.00. The van der Waals surface area contributed by atoms with E-state index in [1.807, 2.05) is 19.1 Å². The Hall–Kier alpha value is -2.05. The Morgan fingerprint density at radius 3 is 2.68 bits per heavy atom. The number of aromatic amines is 1. The van der Waals surface area contributed by atoms with E-state index in [1.165, 1.54) is 16.4 Å². The lowest BCUT2D eigenvalue weighted by Crippen LogP contribution is -2.31. The molecule has 1 aliphatic rings. The largest absolute Gasteiger partial charge is 0.357 e. The number of sulfonamides is 1. The number of benzene rings is 2. The van der Waals surface area contributed by atoms with E-state index < -0.39 is 10.0 Å². The molecule has 1 aliphatic carbocycles. The lowest BCUT2D eigenvalue weighted by Gasteiger charge is -2.23. The van der Waals surface area contributed by atoms with E-state index in [-0.39, 0.29) is 6.04 Å². The van der Waals surface area contributed by atoms with Crippen LogP contribution in [0, 0.1) is 6.92 Å². The van der Waals surface area contributed by atoms with Gasteiger partial charge in [-0.1, -0.05) is 35.3 Å². The quantitative estimate of drug-likeness (QED) is 0.709. The number of fused-ring (bicyclic) bond motifs is 3. The van der Waals surface area contributed by atoms with Crippen LogP contribution in [0.2, 0.25) is 0 Å². The molecule has 0 radical (unpaired) electrons. The number of aryl methyl sites for hydroxylation is 2. The van der Waals surface area contributed by atoms with Gasteiger partial charge in [0.15, 0.2) is 0 Å². The Bertz CT molecular complexity index is 1040. The van der Waals surface area contributed by atoms with Gasteiger partial charge in [0, 0.05) is 16.6 Å². The first-order valence-corrected chi connectivity index (χ1v) is 10.1. The van der Waals surface area contributed by atoms with Crippen LogP contribution < -0.4 is 10.2 Å². The third-order valence-corrected chi connectivity index (χ3v) is 6.48. The molecule has 1 unspecified atom stereocenters. The van der Waals surface area contributed by atoms with E-state index in [2.05, 4.69) is 35.8 Å². The molecule has 0 saturated carbocycles. The zero-order valence-corrected chi connectivity index (χ0v) is 15.3. The van der Waals surface area contributed by atoms with Gasteiger partial charge in [0.1, 0.15) is 7.85 Å². The van der Waals surface area contributed by atoms with E-state index in [1.54, 1.807) is 12.1 Å². The van der Waals surface area contributed by atoms with Gasteiger partial charge in [-0.3, -0.25) is 0 Å². The van der Waals surface area contributed by atoms with Crippen molar-refractivity contribution in [2.75, 3.05) is 0 Å². The highest BCUT2D eigenvalue weighted by Gasteiger charge is 2.28. The van der Waals surface area contributed by atoms with Gasteiger partial charge in [-0.2, -0.15) is 0 Å². The van der Waals surface area contributed by atoms with Crippen molar-refractivity contribution in [3.05, 3.63) is 59.3 Å². The number of nitrogens with one attached hydrogen (secondary N) is 2. The van der Waals surface area contributed by atoms with Crippen molar-refractivity contribution in [3.8, 4) is 0 Å². The van der Waals surface area contributed by atoms with Gasteiger partial charge in [0.2, 0.25) is 10.0 Å². The van der Waals surface area contributed by atoms with Crippen LogP contribution in [-0.2, 0) is 16.4 Å². The average Bonchev–Trinajstić information content (AvgIpc) is 2.94. The maximum atomic E-state index is 12.8. The van der Waals surface area contributed by atoms with Crippen molar-refractivity contribution in [1.82, 2.24) is 9.71 Å². The van der Waals surface area contributed by atoms with Gasteiger partial charge in [-0.05, 0) is 49.9 Å². The monoisotopic (exact) mass is 352 g/mol. The highest BCUT2D eigenvalue weighted by atomic mass is 32.2. The summed E-state index contributed by atoms with van der Waals surface area (Å²) in [6.07, 6.45) is 2.78. The molecular formula is C19H21BN2O2S. The number of hydrogen-bond acceptors (Lipinski definition) is 2. The number of rotatable bonds is 3. The summed E-state index contributed by atoms with van der Waals surface area (Å²) >= 11 is 0. The van der Waals surface area contributed by atoms with Crippen LogP contribution in [0.5, 0.6) is 0 Å². The Morgan fingerprint density at radius 1 is 1.16 bits per heavy atom. The number of aromatic nitrogens is 1. The van der Waals surface area contributed by atoms with Gasteiger partial charge >= 0.3 is 0 Å². The summed E-state index contributed by atoms with van der Waals surface area (Å²) < 4.78 is 28.4. The average molecular weight is 352 g/mol. The minimum absolute atomic E-state index is 0.206. The molecule has 1 atom stereocenters. The summed E-state index contributed by atoms with van der Waals surface area (Å²) in [6, 6.07) is 13.1. The second kappa shape index (κ2) is 6.04. The summed E-state index contributed by atoms with van der Waals surface area (Å²) in [5.41, 5.74) is 5.61. The second-order valence-corrected chi connectivity index (χ2v) is 8.66. The van der Waals surface area contributed by atoms with Crippen LogP contribution in [0.4, 0.5) is 0 Å². The molecule has 25 heavy (non-hydrogen) atoms. The smallest absolute Gasteiger partial charge is 0.241 e. The van der Waals surface area contributed by atoms with Crippen molar-refractivity contribution in [3.63, 3.8) is 0 Å². The van der Waals surface area contributed by atoms with Crippen LogP contribution in [0.15, 0.2) is 47.4 Å². The fourth-order valence-electron chi connectivity index (χ4n) is 3.67. The van der Waals surface area contributed by atoms with Crippen molar-refractivity contribution >= 4 is 34.2 Å². The molecule has 4 rings (SSSR count). The van der Waals surface area contributed by atoms with Crippen molar-refractivity contribution < 1.29 is 8.42 Å². The van der Waals surface area contributed by atoms with Crippen molar-refractivity contribution in [1.29, 1.82) is 0 Å². The second-order valence-electron chi connectivity index (χ2n) is 6.95. The van der Waals surface area contributed by atoms with Crippen LogP contribution >= 0.6 is 0 Å². The normalized spacial score (nSPS) is 17.6. The number of hydrogen-bond donors (Lipinski definition) is 2. The standard InChI is InChI=1S/C19H21BN2O2S/c1-12-5-8-14(9-6-12)25(23,24)22-18-4-2-3-15-16-11-13(20)7-10-17(16)21-19(15)18/h5-11,18,21-22H,2-4,20H2,1H3. The topological polar surface area (TPSA) is 62.0 Å². The van der Waals surface area contributed by atoms with Crippen LogP contribution in [0.3, 0.4) is 0 Å². The molecule has 2 N–H and O–H groups in total. The Morgan fingerprint density at radius 2 is 1.92 bits per heavy atom. The van der Waals surface area contributed by atoms with Crippen molar-refractivity contribution in [2.24, 2.45) is 0 Å². The van der Waals surface area contributed by atoms with Gasteiger partial charge in [0.25, 0.3) is 0 Å². The van der Waals surface area contributed by atoms with Gasteiger partial charge in [-0.25, -0.2) is 13.1 Å².